The average Bonchev–Trinajstić information content (AvgIpc) is 2.88. The Morgan fingerprint density at radius 2 is 2.10 bits per heavy atom. The molecule has 0 atom stereocenters. The average molecular weight is 273 g/mol. The normalized spacial score (nSPS) is 18.3. The van der Waals surface area contributed by atoms with Crippen molar-refractivity contribution < 1.29 is 0 Å². The van der Waals surface area contributed by atoms with Crippen molar-refractivity contribution in [3.05, 3.63) is 18.6 Å². The highest BCUT2D eigenvalue weighted by atomic mass is 15.1. The van der Waals surface area contributed by atoms with Crippen LogP contribution in [0.25, 0.3) is 11.0 Å². The molecule has 0 aliphatic heterocycles. The highest BCUT2D eigenvalue weighted by Crippen LogP contribution is 2.35. The largest absolute Gasteiger partial charge is 0.368 e. The molecule has 0 spiro atoms. The second kappa shape index (κ2) is 5.40. The van der Waals surface area contributed by atoms with Crippen LogP contribution in [0.4, 0.5) is 5.82 Å². The van der Waals surface area contributed by atoms with Crippen LogP contribution in [-0.4, -0.2) is 27.6 Å². The number of nitrogens with two attached hydrogens (primary N) is 1. The Kier molecular flexibility index (Phi) is 3.61. The maximum Gasteiger partial charge on any atom is 0.154 e. The van der Waals surface area contributed by atoms with Gasteiger partial charge in [-0.3, -0.25) is 0 Å². The lowest BCUT2D eigenvalue weighted by atomic mass is 9.74. The van der Waals surface area contributed by atoms with Crippen molar-refractivity contribution in [1.82, 2.24) is 14.5 Å². The van der Waals surface area contributed by atoms with Gasteiger partial charge >= 0.3 is 0 Å². The van der Waals surface area contributed by atoms with E-state index in [1.54, 1.807) is 0 Å². The summed E-state index contributed by atoms with van der Waals surface area (Å²) in [5, 5.41) is 3.50. The van der Waals surface area contributed by atoms with Crippen LogP contribution in [0.15, 0.2) is 18.6 Å². The summed E-state index contributed by atoms with van der Waals surface area (Å²) in [7, 11) is 2.00. The lowest BCUT2D eigenvalue weighted by molar-refractivity contribution is 0.215. The summed E-state index contributed by atoms with van der Waals surface area (Å²) in [4.78, 5) is 8.88. The summed E-state index contributed by atoms with van der Waals surface area (Å²) in [6, 6.07) is 1.99. The van der Waals surface area contributed by atoms with E-state index in [1.165, 1.54) is 32.1 Å². The number of hydrogen-bond donors (Lipinski definition) is 2. The zero-order valence-corrected chi connectivity index (χ0v) is 12.1. The number of pyridine rings is 1. The maximum atomic E-state index is 6.04. The molecule has 2 aromatic heterocycles. The summed E-state index contributed by atoms with van der Waals surface area (Å²) in [5.41, 5.74) is 8.32. The van der Waals surface area contributed by atoms with Gasteiger partial charge in [0.1, 0.15) is 5.52 Å². The van der Waals surface area contributed by atoms with Gasteiger partial charge in [-0.2, -0.15) is 0 Å². The van der Waals surface area contributed by atoms with E-state index in [0.29, 0.717) is 0 Å². The van der Waals surface area contributed by atoms with Crippen LogP contribution in [0.5, 0.6) is 0 Å². The van der Waals surface area contributed by atoms with E-state index in [9.17, 15) is 0 Å². The number of rotatable bonds is 4. The highest BCUT2D eigenvalue weighted by Gasteiger charge is 2.30. The number of nitrogens with zero attached hydrogens (tertiary/aromatic N) is 3. The number of fused-ring (bicyclic) bond motifs is 1. The van der Waals surface area contributed by atoms with Gasteiger partial charge in [0, 0.05) is 19.8 Å². The molecule has 0 aromatic carbocycles. The topological polar surface area (TPSA) is 68.8 Å². The van der Waals surface area contributed by atoms with Crippen LogP contribution in [0, 0.1) is 5.41 Å². The van der Waals surface area contributed by atoms with Crippen LogP contribution in [0.3, 0.4) is 0 Å². The van der Waals surface area contributed by atoms with Crippen molar-refractivity contribution in [2.45, 2.75) is 32.1 Å². The fraction of sp³-hybridized carbons (Fsp3) is 0.600. The number of imidazole rings is 1. The number of nitrogens with one attached hydrogen (secondary N) is 1. The van der Waals surface area contributed by atoms with Crippen LogP contribution in [0.1, 0.15) is 32.1 Å². The molecule has 5 heteroatoms. The first-order valence-electron chi connectivity index (χ1n) is 7.44. The van der Waals surface area contributed by atoms with Crippen LogP contribution < -0.4 is 11.1 Å². The second-order valence-corrected chi connectivity index (χ2v) is 6.00. The summed E-state index contributed by atoms with van der Waals surface area (Å²) >= 11 is 0. The molecule has 5 nitrogen and oxygen atoms in total. The zero-order chi connectivity index (χ0) is 14.0. The van der Waals surface area contributed by atoms with E-state index in [4.69, 9.17) is 5.73 Å². The Balaban J connectivity index is 1.79. The molecule has 3 rings (SSSR count). The molecule has 2 aromatic rings. The van der Waals surface area contributed by atoms with Gasteiger partial charge in [0.25, 0.3) is 0 Å². The Bertz CT molecular complexity index is 583. The lowest BCUT2D eigenvalue weighted by Crippen LogP contribution is -2.39. The molecule has 2 heterocycles. The van der Waals surface area contributed by atoms with Crippen LogP contribution in [0.2, 0.25) is 0 Å². The van der Waals surface area contributed by atoms with Crippen molar-refractivity contribution in [3.8, 4) is 0 Å². The van der Waals surface area contributed by atoms with Gasteiger partial charge in [-0.15, -0.1) is 0 Å². The van der Waals surface area contributed by atoms with Gasteiger partial charge in [-0.25, -0.2) is 9.97 Å². The molecular weight excluding hydrogens is 250 g/mol. The SMILES string of the molecule is Cn1cnc2c(NCC3(CN)CCCCC3)nccc21. The van der Waals surface area contributed by atoms with E-state index in [0.717, 1.165) is 29.9 Å². The number of hydrogen-bond acceptors (Lipinski definition) is 4. The fourth-order valence-electron chi connectivity index (χ4n) is 3.22. The van der Waals surface area contributed by atoms with Crippen LogP contribution in [-0.2, 0) is 7.05 Å². The van der Waals surface area contributed by atoms with E-state index in [-0.39, 0.29) is 5.41 Å². The van der Waals surface area contributed by atoms with Gasteiger partial charge in [0.2, 0.25) is 0 Å². The standard InChI is InChI=1S/C15H23N5/c1-20-11-19-13-12(20)5-8-17-14(13)18-10-15(9-16)6-3-2-4-7-15/h5,8,11H,2-4,6-7,9-10,16H2,1H3,(H,17,18). The molecule has 20 heavy (non-hydrogen) atoms. The Morgan fingerprint density at radius 3 is 2.85 bits per heavy atom. The van der Waals surface area contributed by atoms with E-state index in [2.05, 4.69) is 15.3 Å². The van der Waals surface area contributed by atoms with Crippen LogP contribution >= 0.6 is 0 Å². The molecule has 1 aliphatic carbocycles. The molecule has 0 bridgehead atoms. The molecule has 0 amide bonds. The summed E-state index contributed by atoms with van der Waals surface area (Å²) in [6.07, 6.45) is 10.0. The third-order valence-corrected chi connectivity index (χ3v) is 4.62. The predicted octanol–water partition coefficient (Wildman–Crippen LogP) is 2.29. The first-order valence-corrected chi connectivity index (χ1v) is 7.44. The third kappa shape index (κ3) is 2.38. The molecule has 1 aliphatic rings. The Hall–Kier alpha value is -1.62. The minimum atomic E-state index is 0.233. The number of anilines is 1. The lowest BCUT2D eigenvalue weighted by Gasteiger charge is -2.36. The molecule has 1 fully saturated rings. The zero-order valence-electron chi connectivity index (χ0n) is 12.1. The highest BCUT2D eigenvalue weighted by molar-refractivity contribution is 5.85. The van der Waals surface area contributed by atoms with Crippen molar-refractivity contribution in [3.63, 3.8) is 0 Å². The van der Waals surface area contributed by atoms with Gasteiger partial charge in [-0.05, 0) is 30.9 Å². The maximum absolute atomic E-state index is 6.04. The van der Waals surface area contributed by atoms with Crippen molar-refractivity contribution in [1.29, 1.82) is 0 Å². The first-order chi connectivity index (χ1) is 9.74. The van der Waals surface area contributed by atoms with E-state index >= 15 is 0 Å². The first kappa shape index (κ1) is 13.4. The molecular formula is C15H23N5. The quantitative estimate of drug-likeness (QED) is 0.896. The molecule has 0 unspecified atom stereocenters. The molecule has 3 N–H and O–H groups in total. The van der Waals surface area contributed by atoms with Gasteiger partial charge < -0.3 is 15.6 Å². The monoisotopic (exact) mass is 273 g/mol. The minimum absolute atomic E-state index is 0.233. The van der Waals surface area contributed by atoms with Crippen molar-refractivity contribution >= 4 is 16.9 Å². The predicted molar refractivity (Wildman–Crippen MR) is 81.6 cm³/mol. The molecule has 1 saturated carbocycles. The van der Waals surface area contributed by atoms with Gasteiger partial charge in [0.05, 0.1) is 11.8 Å². The van der Waals surface area contributed by atoms with E-state index in [1.807, 2.05) is 30.2 Å². The summed E-state index contributed by atoms with van der Waals surface area (Å²) < 4.78 is 2.02. The number of aromatic nitrogens is 3. The van der Waals surface area contributed by atoms with E-state index < -0.39 is 0 Å². The Morgan fingerprint density at radius 1 is 1.30 bits per heavy atom. The van der Waals surface area contributed by atoms with Crippen molar-refractivity contribution in [2.24, 2.45) is 18.2 Å². The van der Waals surface area contributed by atoms with Gasteiger partial charge in [-0.1, -0.05) is 19.3 Å². The summed E-state index contributed by atoms with van der Waals surface area (Å²) in [5.74, 6) is 0.876. The third-order valence-electron chi connectivity index (χ3n) is 4.62. The smallest absolute Gasteiger partial charge is 0.154 e. The molecule has 0 radical (unpaired) electrons. The minimum Gasteiger partial charge on any atom is -0.368 e. The second-order valence-electron chi connectivity index (χ2n) is 6.00. The van der Waals surface area contributed by atoms with Crippen molar-refractivity contribution in [2.75, 3.05) is 18.4 Å². The summed E-state index contributed by atoms with van der Waals surface area (Å²) in [6.45, 7) is 1.64. The fourth-order valence-corrected chi connectivity index (χ4v) is 3.22. The number of aryl methyl sites for hydroxylation is 1. The Labute approximate surface area is 119 Å². The molecule has 0 saturated heterocycles. The van der Waals surface area contributed by atoms with Gasteiger partial charge in [0.15, 0.2) is 5.82 Å². The molecule has 108 valence electrons.